The van der Waals surface area contributed by atoms with Gasteiger partial charge in [0.1, 0.15) is 0 Å². The van der Waals surface area contributed by atoms with Gasteiger partial charge in [0.2, 0.25) is 0 Å². The summed E-state index contributed by atoms with van der Waals surface area (Å²) in [4.78, 5) is 0. The molecular formula is C13H26O. The predicted molar refractivity (Wildman–Crippen MR) is 65.6 cm³/mol. The Morgan fingerprint density at radius 2 is 1.79 bits per heavy atom. The Morgan fingerprint density at radius 1 is 1.29 bits per heavy atom. The van der Waals surface area contributed by atoms with E-state index >= 15 is 0 Å². The van der Waals surface area contributed by atoms with Gasteiger partial charge in [-0.25, -0.2) is 0 Å². The third-order valence-corrected chi connectivity index (χ3v) is 1.89. The summed E-state index contributed by atoms with van der Waals surface area (Å²) in [6, 6.07) is 0. The molecule has 0 N–H and O–H groups in total. The van der Waals surface area contributed by atoms with Crippen molar-refractivity contribution < 1.29 is 4.74 Å². The number of rotatable bonds is 1. The lowest BCUT2D eigenvalue weighted by molar-refractivity contribution is 0.0731. The highest BCUT2D eigenvalue weighted by molar-refractivity contribution is 5.25. The minimum Gasteiger partial charge on any atom is -0.374 e. The summed E-state index contributed by atoms with van der Waals surface area (Å²) in [7, 11) is 0. The zero-order valence-electron chi connectivity index (χ0n) is 10.7. The molecule has 1 aliphatic heterocycles. The van der Waals surface area contributed by atoms with Gasteiger partial charge in [-0.2, -0.15) is 0 Å². The maximum absolute atomic E-state index is 5.42. The molecule has 84 valence electrons. The molecular weight excluding hydrogens is 172 g/mol. The number of allylic oxidation sites excluding steroid dienone is 1. The minimum absolute atomic E-state index is 0.372. The highest BCUT2D eigenvalue weighted by Gasteiger charge is 2.12. The third-order valence-electron chi connectivity index (χ3n) is 1.89. The van der Waals surface area contributed by atoms with Crippen LogP contribution in [0.2, 0.25) is 0 Å². The molecule has 1 unspecified atom stereocenters. The summed E-state index contributed by atoms with van der Waals surface area (Å²) in [6.07, 6.45) is 3.33. The van der Waals surface area contributed by atoms with Gasteiger partial charge in [-0.15, -0.1) is 0 Å². The molecule has 0 aliphatic carbocycles. The average molecular weight is 198 g/mol. The lowest BCUT2D eigenvalue weighted by Crippen LogP contribution is -2.17. The Labute approximate surface area is 89.9 Å². The zero-order valence-corrected chi connectivity index (χ0v) is 10.7. The fourth-order valence-corrected chi connectivity index (χ4v) is 1.16. The smallest absolute Gasteiger partial charge is 0.0683 e. The molecule has 1 atom stereocenters. The molecule has 14 heavy (non-hydrogen) atoms. The Bertz CT molecular complexity index is 168. The van der Waals surface area contributed by atoms with Crippen LogP contribution in [0.25, 0.3) is 0 Å². The monoisotopic (exact) mass is 198 g/mol. The van der Waals surface area contributed by atoms with Crippen LogP contribution < -0.4 is 0 Å². The first-order valence-electron chi connectivity index (χ1n) is 5.66. The second-order valence-electron chi connectivity index (χ2n) is 2.84. The van der Waals surface area contributed by atoms with Crippen LogP contribution in [0, 0.1) is 0 Å². The summed E-state index contributed by atoms with van der Waals surface area (Å²) in [6.45, 7) is 16.7. The highest BCUT2D eigenvalue weighted by Crippen LogP contribution is 2.20. The van der Waals surface area contributed by atoms with E-state index in [1.165, 1.54) is 11.1 Å². The number of ether oxygens (including phenoxy) is 1. The van der Waals surface area contributed by atoms with Crippen molar-refractivity contribution in [3.05, 3.63) is 23.8 Å². The van der Waals surface area contributed by atoms with Crippen molar-refractivity contribution in [1.82, 2.24) is 0 Å². The van der Waals surface area contributed by atoms with E-state index in [9.17, 15) is 0 Å². The predicted octanol–water partition coefficient (Wildman–Crippen LogP) is 4.35. The van der Waals surface area contributed by atoms with Crippen LogP contribution in [0.4, 0.5) is 0 Å². The van der Waals surface area contributed by atoms with E-state index in [1.54, 1.807) is 0 Å². The van der Waals surface area contributed by atoms with Crippen LogP contribution >= 0.6 is 0 Å². The average Bonchev–Trinajstić information content (AvgIpc) is 2.27. The molecule has 0 saturated carbocycles. The van der Waals surface area contributed by atoms with Gasteiger partial charge in [-0.05, 0) is 31.4 Å². The van der Waals surface area contributed by atoms with Gasteiger partial charge >= 0.3 is 0 Å². The van der Waals surface area contributed by atoms with E-state index in [1.807, 2.05) is 33.8 Å². The third kappa shape index (κ3) is 5.98. The number of hydrogen-bond acceptors (Lipinski definition) is 1. The van der Waals surface area contributed by atoms with Crippen molar-refractivity contribution in [2.45, 2.75) is 54.1 Å². The SMILES string of the molecule is C=CC1=C(C)COC(C)C1.CC.CC. The van der Waals surface area contributed by atoms with E-state index in [2.05, 4.69) is 20.4 Å². The second kappa shape index (κ2) is 10.5. The fraction of sp³-hybridized carbons (Fsp3) is 0.692. The van der Waals surface area contributed by atoms with Crippen LogP contribution in [0.1, 0.15) is 48.0 Å². The van der Waals surface area contributed by atoms with Crippen molar-refractivity contribution in [1.29, 1.82) is 0 Å². The summed E-state index contributed by atoms with van der Waals surface area (Å²) < 4.78 is 5.42. The Hall–Kier alpha value is -0.560. The largest absolute Gasteiger partial charge is 0.374 e. The highest BCUT2D eigenvalue weighted by atomic mass is 16.5. The fourth-order valence-electron chi connectivity index (χ4n) is 1.16. The molecule has 0 spiro atoms. The lowest BCUT2D eigenvalue weighted by Gasteiger charge is -2.21. The van der Waals surface area contributed by atoms with Gasteiger partial charge in [-0.1, -0.05) is 40.3 Å². The first-order chi connectivity index (χ1) is 6.74. The summed E-state index contributed by atoms with van der Waals surface area (Å²) in [5, 5.41) is 0. The first-order valence-corrected chi connectivity index (χ1v) is 5.66. The molecule has 1 aliphatic rings. The second-order valence-corrected chi connectivity index (χ2v) is 2.84. The summed E-state index contributed by atoms with van der Waals surface area (Å²) >= 11 is 0. The van der Waals surface area contributed by atoms with Gasteiger partial charge in [0.15, 0.2) is 0 Å². The van der Waals surface area contributed by atoms with Crippen molar-refractivity contribution in [3.63, 3.8) is 0 Å². The van der Waals surface area contributed by atoms with Crippen LogP contribution in [-0.4, -0.2) is 12.7 Å². The topological polar surface area (TPSA) is 9.23 Å². The maximum atomic E-state index is 5.42. The van der Waals surface area contributed by atoms with E-state index < -0.39 is 0 Å². The van der Waals surface area contributed by atoms with Gasteiger partial charge in [0.25, 0.3) is 0 Å². The van der Waals surface area contributed by atoms with Gasteiger partial charge in [0, 0.05) is 0 Å². The molecule has 0 bridgehead atoms. The van der Waals surface area contributed by atoms with E-state index in [0.717, 1.165) is 13.0 Å². The molecule has 1 heteroatoms. The van der Waals surface area contributed by atoms with Crippen molar-refractivity contribution >= 4 is 0 Å². The van der Waals surface area contributed by atoms with E-state index in [-0.39, 0.29) is 0 Å². The van der Waals surface area contributed by atoms with Crippen molar-refractivity contribution in [2.75, 3.05) is 6.61 Å². The normalized spacial score (nSPS) is 20.0. The molecule has 1 rings (SSSR count). The van der Waals surface area contributed by atoms with E-state index in [0.29, 0.717) is 6.10 Å². The number of hydrogen-bond donors (Lipinski definition) is 0. The Balaban J connectivity index is 0. The van der Waals surface area contributed by atoms with Gasteiger partial charge in [0.05, 0.1) is 12.7 Å². The molecule has 0 radical (unpaired) electrons. The molecule has 0 aromatic rings. The van der Waals surface area contributed by atoms with E-state index in [4.69, 9.17) is 4.74 Å². The standard InChI is InChI=1S/C9H14O.2C2H6/c1-4-9-5-8(3)10-6-7(9)2;2*1-2/h4,8H,1,5-6H2,2-3H3;2*1-2H3. The molecule has 0 aromatic carbocycles. The maximum Gasteiger partial charge on any atom is 0.0683 e. The molecule has 0 saturated heterocycles. The molecule has 0 fully saturated rings. The molecule has 1 heterocycles. The Kier molecular flexibility index (Phi) is 11.9. The van der Waals surface area contributed by atoms with Crippen LogP contribution in [0.3, 0.4) is 0 Å². The van der Waals surface area contributed by atoms with Crippen molar-refractivity contribution in [3.8, 4) is 0 Å². The zero-order chi connectivity index (χ0) is 11.6. The van der Waals surface area contributed by atoms with Crippen molar-refractivity contribution in [2.24, 2.45) is 0 Å². The summed E-state index contributed by atoms with van der Waals surface area (Å²) in [5.41, 5.74) is 2.69. The van der Waals surface area contributed by atoms with Crippen LogP contribution in [0.15, 0.2) is 23.8 Å². The lowest BCUT2D eigenvalue weighted by atomic mass is 10.0. The van der Waals surface area contributed by atoms with Crippen LogP contribution in [-0.2, 0) is 4.74 Å². The van der Waals surface area contributed by atoms with Gasteiger partial charge in [-0.3, -0.25) is 0 Å². The summed E-state index contributed by atoms with van der Waals surface area (Å²) in [5.74, 6) is 0. The molecule has 1 nitrogen and oxygen atoms in total. The van der Waals surface area contributed by atoms with Crippen LogP contribution in [0.5, 0.6) is 0 Å². The molecule has 0 aromatic heterocycles. The quantitative estimate of drug-likeness (QED) is 0.608. The van der Waals surface area contributed by atoms with Gasteiger partial charge < -0.3 is 4.74 Å². The Morgan fingerprint density at radius 3 is 2.14 bits per heavy atom. The molecule has 0 amide bonds. The first kappa shape index (κ1) is 15.9. The minimum atomic E-state index is 0.372.